The van der Waals surface area contributed by atoms with Crippen LogP contribution < -0.4 is 4.90 Å². The zero-order chi connectivity index (χ0) is 20.9. The van der Waals surface area contributed by atoms with E-state index >= 15 is 0 Å². The lowest BCUT2D eigenvalue weighted by atomic mass is 9.95. The molecule has 3 aromatic rings. The maximum absolute atomic E-state index is 12.3. The SMILES string of the molecule is O=C(OCc1ccccc1)[C@H](O)[C@@H](O)c1ccc(N2CCOCC2)c2ccccc12. The summed E-state index contributed by atoms with van der Waals surface area (Å²) < 4.78 is 10.6. The standard InChI is InChI=1S/C24H25NO5/c26-22(23(27)24(28)30-16-17-6-2-1-3-7-17)20-10-11-21(25-12-14-29-15-13-25)19-9-5-4-8-18(19)20/h1-11,22-23,26-27H,12-16H2/t22-,23+/m0/s1. The number of carbonyl (C=O) groups excluding carboxylic acids is 1. The number of aliphatic hydroxyl groups excluding tert-OH is 2. The minimum absolute atomic E-state index is 0.0418. The highest BCUT2D eigenvalue weighted by atomic mass is 16.5. The molecule has 6 nitrogen and oxygen atoms in total. The zero-order valence-electron chi connectivity index (χ0n) is 16.6. The van der Waals surface area contributed by atoms with Gasteiger partial charge in [-0.3, -0.25) is 0 Å². The van der Waals surface area contributed by atoms with Gasteiger partial charge in [0, 0.05) is 24.2 Å². The number of anilines is 1. The van der Waals surface area contributed by atoms with Crippen LogP contribution in [0.15, 0.2) is 66.7 Å². The summed E-state index contributed by atoms with van der Waals surface area (Å²) in [5.74, 6) is -0.854. The highest BCUT2D eigenvalue weighted by Gasteiger charge is 2.29. The second-order valence-corrected chi connectivity index (χ2v) is 7.30. The molecule has 2 N–H and O–H groups in total. The molecular formula is C24H25NO5. The Balaban J connectivity index is 1.55. The molecule has 156 valence electrons. The van der Waals surface area contributed by atoms with Crippen LogP contribution in [0.25, 0.3) is 10.8 Å². The van der Waals surface area contributed by atoms with Crippen molar-refractivity contribution in [1.82, 2.24) is 0 Å². The molecule has 0 aromatic heterocycles. The number of ether oxygens (including phenoxy) is 2. The molecule has 0 spiro atoms. The molecule has 0 radical (unpaired) electrons. The quantitative estimate of drug-likeness (QED) is 0.612. The first-order valence-electron chi connectivity index (χ1n) is 10.1. The van der Waals surface area contributed by atoms with Crippen molar-refractivity contribution in [3.63, 3.8) is 0 Å². The molecule has 30 heavy (non-hydrogen) atoms. The van der Waals surface area contributed by atoms with Crippen molar-refractivity contribution < 1.29 is 24.5 Å². The summed E-state index contributed by atoms with van der Waals surface area (Å²) in [6.45, 7) is 2.97. The van der Waals surface area contributed by atoms with E-state index in [1.165, 1.54) is 0 Å². The molecule has 3 aromatic carbocycles. The lowest BCUT2D eigenvalue weighted by Gasteiger charge is -2.30. The summed E-state index contributed by atoms with van der Waals surface area (Å²) in [5, 5.41) is 23.0. The van der Waals surface area contributed by atoms with Crippen molar-refractivity contribution in [2.75, 3.05) is 31.2 Å². The maximum Gasteiger partial charge on any atom is 0.338 e. The van der Waals surface area contributed by atoms with E-state index in [0.717, 1.165) is 35.1 Å². The molecule has 0 amide bonds. The molecule has 4 rings (SSSR count). The first-order chi connectivity index (χ1) is 14.6. The molecule has 0 aliphatic carbocycles. The van der Waals surface area contributed by atoms with Gasteiger partial charge < -0.3 is 24.6 Å². The number of hydrogen-bond donors (Lipinski definition) is 2. The average molecular weight is 407 g/mol. The van der Waals surface area contributed by atoms with Gasteiger partial charge in [0.1, 0.15) is 12.7 Å². The number of hydrogen-bond acceptors (Lipinski definition) is 6. The summed E-state index contributed by atoms with van der Waals surface area (Å²) >= 11 is 0. The fraction of sp³-hybridized carbons (Fsp3) is 0.292. The smallest absolute Gasteiger partial charge is 0.338 e. The summed E-state index contributed by atoms with van der Waals surface area (Å²) in [6, 6.07) is 20.6. The van der Waals surface area contributed by atoms with Gasteiger partial charge in [-0.05, 0) is 22.6 Å². The molecule has 0 unspecified atom stereocenters. The first kappa shape index (κ1) is 20.3. The Kier molecular flexibility index (Phi) is 6.28. The van der Waals surface area contributed by atoms with E-state index in [-0.39, 0.29) is 6.61 Å². The number of rotatable bonds is 6. The Morgan fingerprint density at radius 2 is 1.60 bits per heavy atom. The average Bonchev–Trinajstić information content (AvgIpc) is 2.82. The molecular weight excluding hydrogens is 382 g/mol. The topological polar surface area (TPSA) is 79.2 Å². The highest BCUT2D eigenvalue weighted by Crippen LogP contribution is 2.34. The van der Waals surface area contributed by atoms with Crippen molar-refractivity contribution in [2.24, 2.45) is 0 Å². The maximum atomic E-state index is 12.3. The van der Waals surface area contributed by atoms with Crippen molar-refractivity contribution in [3.05, 3.63) is 77.9 Å². The minimum atomic E-state index is -1.67. The van der Waals surface area contributed by atoms with Gasteiger partial charge in [-0.1, -0.05) is 60.7 Å². The zero-order valence-corrected chi connectivity index (χ0v) is 16.6. The fourth-order valence-corrected chi connectivity index (χ4v) is 3.76. The van der Waals surface area contributed by atoms with Gasteiger partial charge in [-0.15, -0.1) is 0 Å². The monoisotopic (exact) mass is 407 g/mol. The van der Waals surface area contributed by atoms with Crippen LogP contribution in [0.5, 0.6) is 0 Å². The van der Waals surface area contributed by atoms with Crippen LogP contribution in [-0.2, 0) is 20.9 Å². The van der Waals surface area contributed by atoms with E-state index in [1.54, 1.807) is 6.07 Å². The summed E-state index contributed by atoms with van der Waals surface area (Å²) in [7, 11) is 0. The summed E-state index contributed by atoms with van der Waals surface area (Å²) in [5.41, 5.74) is 2.35. The number of carbonyl (C=O) groups is 1. The Labute approximate surface area is 175 Å². The molecule has 1 heterocycles. The van der Waals surface area contributed by atoms with Crippen LogP contribution in [-0.4, -0.2) is 48.6 Å². The normalized spacial score (nSPS) is 16.3. The Bertz CT molecular complexity index is 1000. The van der Waals surface area contributed by atoms with Crippen molar-refractivity contribution in [1.29, 1.82) is 0 Å². The van der Waals surface area contributed by atoms with Gasteiger partial charge >= 0.3 is 5.97 Å². The van der Waals surface area contributed by atoms with Crippen LogP contribution in [0.3, 0.4) is 0 Å². The second-order valence-electron chi connectivity index (χ2n) is 7.30. The van der Waals surface area contributed by atoms with Crippen molar-refractivity contribution in [3.8, 4) is 0 Å². The van der Waals surface area contributed by atoms with Crippen LogP contribution in [0, 0.1) is 0 Å². The second kappa shape index (κ2) is 9.26. The predicted molar refractivity (Wildman–Crippen MR) is 114 cm³/mol. The van der Waals surface area contributed by atoms with Gasteiger partial charge in [0.25, 0.3) is 0 Å². The molecule has 0 saturated carbocycles. The van der Waals surface area contributed by atoms with Crippen LogP contribution in [0.4, 0.5) is 5.69 Å². The van der Waals surface area contributed by atoms with Gasteiger partial charge in [-0.25, -0.2) is 4.79 Å². The largest absolute Gasteiger partial charge is 0.459 e. The third kappa shape index (κ3) is 4.31. The van der Waals surface area contributed by atoms with Gasteiger partial charge in [-0.2, -0.15) is 0 Å². The van der Waals surface area contributed by atoms with E-state index in [9.17, 15) is 15.0 Å². The van der Waals surface area contributed by atoms with Crippen molar-refractivity contribution in [2.45, 2.75) is 18.8 Å². The van der Waals surface area contributed by atoms with Crippen LogP contribution in [0.2, 0.25) is 0 Å². The molecule has 1 saturated heterocycles. The van der Waals surface area contributed by atoms with Crippen molar-refractivity contribution >= 4 is 22.4 Å². The molecule has 1 fully saturated rings. The van der Waals surface area contributed by atoms with E-state index in [4.69, 9.17) is 9.47 Å². The Morgan fingerprint density at radius 1 is 0.933 bits per heavy atom. The minimum Gasteiger partial charge on any atom is -0.459 e. The number of aliphatic hydroxyl groups is 2. The third-order valence-corrected chi connectivity index (χ3v) is 5.37. The fourth-order valence-electron chi connectivity index (χ4n) is 3.76. The number of benzene rings is 3. The molecule has 0 bridgehead atoms. The molecule has 6 heteroatoms. The first-order valence-corrected chi connectivity index (χ1v) is 10.1. The number of morpholine rings is 1. The van der Waals surface area contributed by atoms with E-state index < -0.39 is 18.2 Å². The number of esters is 1. The Morgan fingerprint density at radius 3 is 2.33 bits per heavy atom. The molecule has 1 aliphatic rings. The summed E-state index contributed by atoms with van der Waals surface area (Å²) in [6.07, 6.45) is -3.07. The van der Waals surface area contributed by atoms with Crippen LogP contribution in [0.1, 0.15) is 17.2 Å². The summed E-state index contributed by atoms with van der Waals surface area (Å²) in [4.78, 5) is 14.6. The number of fused-ring (bicyclic) bond motifs is 1. The van der Waals surface area contributed by atoms with Gasteiger partial charge in [0.2, 0.25) is 0 Å². The molecule has 2 atom stereocenters. The highest BCUT2D eigenvalue weighted by molar-refractivity contribution is 5.97. The Hall–Kier alpha value is -2.93. The van der Waals surface area contributed by atoms with Gasteiger partial charge in [0.15, 0.2) is 6.10 Å². The van der Waals surface area contributed by atoms with E-state index in [2.05, 4.69) is 4.90 Å². The lowest BCUT2D eigenvalue weighted by Crippen LogP contribution is -2.36. The van der Waals surface area contributed by atoms with Gasteiger partial charge in [0.05, 0.1) is 13.2 Å². The predicted octanol–water partition coefficient (Wildman–Crippen LogP) is 2.81. The number of nitrogens with zero attached hydrogens (tertiary/aromatic N) is 1. The van der Waals surface area contributed by atoms with Crippen LogP contribution >= 0.6 is 0 Å². The lowest BCUT2D eigenvalue weighted by molar-refractivity contribution is -0.161. The third-order valence-electron chi connectivity index (χ3n) is 5.37. The van der Waals surface area contributed by atoms with E-state index in [1.807, 2.05) is 60.7 Å². The molecule has 1 aliphatic heterocycles. The van der Waals surface area contributed by atoms with E-state index in [0.29, 0.717) is 18.8 Å².